The number of hydrogen-bond donors (Lipinski definition) is 2. The molecular formula is C20H20N2O4. The molecule has 0 saturated heterocycles. The Kier molecular flexibility index (Phi) is 5.22. The monoisotopic (exact) mass is 352 g/mol. The maximum absolute atomic E-state index is 12.7. The molecule has 0 aliphatic heterocycles. The molecule has 2 amide bonds. The number of aryl methyl sites for hydroxylation is 1. The van der Waals surface area contributed by atoms with E-state index in [1.54, 1.807) is 31.2 Å². The second-order valence-electron chi connectivity index (χ2n) is 5.65. The number of carbonyl (C=O) groups is 2. The first-order valence-electron chi connectivity index (χ1n) is 8.48. The van der Waals surface area contributed by atoms with Crippen LogP contribution in [0.2, 0.25) is 0 Å². The fraction of sp³-hybridized carbons (Fsp3) is 0.200. The zero-order valence-electron chi connectivity index (χ0n) is 14.7. The molecule has 0 spiro atoms. The van der Waals surface area contributed by atoms with Crippen molar-refractivity contribution in [2.75, 3.05) is 17.2 Å². The first kappa shape index (κ1) is 17.5. The number of amides is 2. The Balaban J connectivity index is 1.91. The van der Waals surface area contributed by atoms with Crippen LogP contribution in [-0.4, -0.2) is 18.6 Å². The van der Waals surface area contributed by atoms with E-state index >= 15 is 0 Å². The number of carbonyl (C=O) groups excluding carboxylic acids is 2. The van der Waals surface area contributed by atoms with Gasteiger partial charge in [0.2, 0.25) is 5.76 Å². The maximum Gasteiger partial charge on any atom is 0.411 e. The number of benzene rings is 2. The normalized spacial score (nSPS) is 10.5. The number of nitrogens with one attached hydrogen (secondary N) is 2. The maximum atomic E-state index is 12.7. The lowest BCUT2D eigenvalue weighted by Crippen LogP contribution is -2.17. The van der Waals surface area contributed by atoms with Crippen molar-refractivity contribution in [2.45, 2.75) is 20.3 Å². The van der Waals surface area contributed by atoms with Crippen LogP contribution in [0.3, 0.4) is 0 Å². The molecule has 2 aromatic carbocycles. The zero-order chi connectivity index (χ0) is 18.5. The van der Waals surface area contributed by atoms with Crippen molar-refractivity contribution in [1.82, 2.24) is 0 Å². The smallest absolute Gasteiger partial charge is 0.411 e. The van der Waals surface area contributed by atoms with Crippen LogP contribution < -0.4 is 10.6 Å². The molecule has 3 rings (SSSR count). The number of hydrogen-bond acceptors (Lipinski definition) is 4. The topological polar surface area (TPSA) is 80.6 Å². The second kappa shape index (κ2) is 7.74. The van der Waals surface area contributed by atoms with Crippen LogP contribution in [0.25, 0.3) is 11.0 Å². The first-order valence-corrected chi connectivity index (χ1v) is 8.48. The van der Waals surface area contributed by atoms with Crippen LogP contribution >= 0.6 is 0 Å². The van der Waals surface area contributed by atoms with E-state index < -0.39 is 12.0 Å². The summed E-state index contributed by atoms with van der Waals surface area (Å²) < 4.78 is 10.6. The third-order valence-electron chi connectivity index (χ3n) is 3.92. The van der Waals surface area contributed by atoms with Crippen molar-refractivity contribution in [3.8, 4) is 0 Å². The summed E-state index contributed by atoms with van der Waals surface area (Å²) in [6.07, 6.45) is 0.284. The average molecular weight is 352 g/mol. The molecule has 2 N–H and O–H groups in total. The quantitative estimate of drug-likeness (QED) is 0.690. The fourth-order valence-corrected chi connectivity index (χ4v) is 2.61. The Hall–Kier alpha value is -3.28. The molecule has 6 nitrogen and oxygen atoms in total. The third-order valence-corrected chi connectivity index (χ3v) is 3.92. The van der Waals surface area contributed by atoms with Gasteiger partial charge in [-0.2, -0.15) is 0 Å². The van der Waals surface area contributed by atoms with Gasteiger partial charge < -0.3 is 14.5 Å². The van der Waals surface area contributed by atoms with Gasteiger partial charge >= 0.3 is 6.09 Å². The Bertz CT molecular complexity index is 929. The van der Waals surface area contributed by atoms with Gasteiger partial charge in [0.1, 0.15) is 11.3 Å². The largest absolute Gasteiger partial charge is 0.450 e. The molecule has 1 heterocycles. The molecule has 1 aromatic heterocycles. The van der Waals surface area contributed by atoms with Gasteiger partial charge in [-0.25, -0.2) is 4.79 Å². The van der Waals surface area contributed by atoms with E-state index in [1.165, 1.54) is 5.56 Å². The van der Waals surface area contributed by atoms with Gasteiger partial charge in [-0.15, -0.1) is 0 Å². The van der Waals surface area contributed by atoms with E-state index in [4.69, 9.17) is 9.15 Å². The minimum atomic E-state index is -0.639. The number of anilines is 2. The third kappa shape index (κ3) is 3.69. The van der Waals surface area contributed by atoms with Crippen molar-refractivity contribution in [3.05, 3.63) is 59.9 Å². The summed E-state index contributed by atoms with van der Waals surface area (Å²) in [5.41, 5.74) is 2.62. The highest BCUT2D eigenvalue weighted by Gasteiger charge is 2.22. The summed E-state index contributed by atoms with van der Waals surface area (Å²) in [4.78, 5) is 24.6. The van der Waals surface area contributed by atoms with Crippen molar-refractivity contribution >= 4 is 34.3 Å². The number of para-hydroxylation sites is 1. The van der Waals surface area contributed by atoms with Gasteiger partial charge in [-0.1, -0.05) is 31.2 Å². The molecule has 0 unspecified atom stereocenters. The molecule has 0 aliphatic carbocycles. The Morgan fingerprint density at radius 1 is 1.00 bits per heavy atom. The van der Waals surface area contributed by atoms with Gasteiger partial charge in [-0.3, -0.25) is 10.1 Å². The lowest BCUT2D eigenvalue weighted by atomic mass is 10.1. The first-order chi connectivity index (χ1) is 12.6. The lowest BCUT2D eigenvalue weighted by Gasteiger charge is -2.07. The SMILES string of the molecule is CCOC(=O)Nc1c(C(=O)Nc2ccc(CC)cc2)oc2ccccc12. The molecule has 3 aromatic rings. The molecule has 0 fully saturated rings. The van der Waals surface area contributed by atoms with Crippen molar-refractivity contribution in [3.63, 3.8) is 0 Å². The summed E-state index contributed by atoms with van der Waals surface area (Å²) in [5, 5.41) is 6.03. The van der Waals surface area contributed by atoms with E-state index in [0.717, 1.165) is 6.42 Å². The molecule has 26 heavy (non-hydrogen) atoms. The predicted molar refractivity (Wildman–Crippen MR) is 101 cm³/mol. The summed E-state index contributed by atoms with van der Waals surface area (Å²) >= 11 is 0. The van der Waals surface area contributed by atoms with E-state index in [0.29, 0.717) is 22.3 Å². The molecule has 0 radical (unpaired) electrons. The molecule has 0 aliphatic rings. The number of fused-ring (bicyclic) bond motifs is 1. The zero-order valence-corrected chi connectivity index (χ0v) is 14.7. The van der Waals surface area contributed by atoms with E-state index in [-0.39, 0.29) is 12.4 Å². The van der Waals surface area contributed by atoms with Crippen molar-refractivity contribution < 1.29 is 18.7 Å². The number of rotatable bonds is 5. The number of furan rings is 1. The highest BCUT2D eigenvalue weighted by molar-refractivity contribution is 6.13. The van der Waals surface area contributed by atoms with Crippen LogP contribution in [0.15, 0.2) is 52.9 Å². The van der Waals surface area contributed by atoms with E-state index in [1.807, 2.05) is 24.3 Å². The van der Waals surface area contributed by atoms with Crippen LogP contribution in [0.1, 0.15) is 30.0 Å². The van der Waals surface area contributed by atoms with E-state index in [9.17, 15) is 9.59 Å². The van der Waals surface area contributed by atoms with Crippen LogP contribution in [0.4, 0.5) is 16.2 Å². The highest BCUT2D eigenvalue weighted by atomic mass is 16.5. The van der Waals surface area contributed by atoms with Crippen LogP contribution in [0.5, 0.6) is 0 Å². The van der Waals surface area contributed by atoms with Gasteiger partial charge in [0.15, 0.2) is 0 Å². The molecule has 134 valence electrons. The average Bonchev–Trinajstić information content (AvgIpc) is 3.01. The van der Waals surface area contributed by atoms with E-state index in [2.05, 4.69) is 17.6 Å². The van der Waals surface area contributed by atoms with Gasteiger partial charge in [0, 0.05) is 11.1 Å². The minimum Gasteiger partial charge on any atom is -0.450 e. The van der Waals surface area contributed by atoms with Gasteiger partial charge in [-0.05, 0) is 43.2 Å². The molecule has 6 heteroatoms. The summed E-state index contributed by atoms with van der Waals surface area (Å²) in [5.74, 6) is -0.420. The van der Waals surface area contributed by atoms with Crippen LogP contribution in [0, 0.1) is 0 Å². The summed E-state index contributed by atoms with van der Waals surface area (Å²) in [6.45, 7) is 4.00. The van der Waals surface area contributed by atoms with Crippen molar-refractivity contribution in [1.29, 1.82) is 0 Å². The Morgan fingerprint density at radius 2 is 1.73 bits per heavy atom. The van der Waals surface area contributed by atoms with Gasteiger partial charge in [0.05, 0.1) is 6.61 Å². The van der Waals surface area contributed by atoms with Crippen molar-refractivity contribution in [2.24, 2.45) is 0 Å². The standard InChI is InChI=1S/C20H20N2O4/c1-3-13-9-11-14(12-10-13)21-19(23)18-17(22-20(24)25-4-2)15-7-5-6-8-16(15)26-18/h5-12H,3-4H2,1-2H3,(H,21,23)(H,22,24). The van der Waals surface area contributed by atoms with Gasteiger partial charge in [0.25, 0.3) is 5.91 Å². The minimum absolute atomic E-state index is 0.0267. The number of ether oxygens (including phenoxy) is 1. The second-order valence-corrected chi connectivity index (χ2v) is 5.65. The predicted octanol–water partition coefficient (Wildman–Crippen LogP) is 4.82. The highest BCUT2D eigenvalue weighted by Crippen LogP contribution is 2.31. The summed E-state index contributed by atoms with van der Waals surface area (Å²) in [6, 6.07) is 14.7. The molecule has 0 bridgehead atoms. The molecule has 0 saturated carbocycles. The Morgan fingerprint density at radius 3 is 2.42 bits per heavy atom. The molecular weight excluding hydrogens is 332 g/mol. The van der Waals surface area contributed by atoms with Crippen LogP contribution in [-0.2, 0) is 11.2 Å². The molecule has 0 atom stereocenters. The Labute approximate surface area is 151 Å². The fourth-order valence-electron chi connectivity index (χ4n) is 2.61. The lowest BCUT2D eigenvalue weighted by molar-refractivity contribution is 0.1000. The summed E-state index contributed by atoms with van der Waals surface area (Å²) in [7, 11) is 0.